The van der Waals surface area contributed by atoms with Gasteiger partial charge < -0.3 is 5.32 Å². The van der Waals surface area contributed by atoms with Crippen LogP contribution in [0.15, 0.2) is 24.3 Å². The van der Waals surface area contributed by atoms with Crippen molar-refractivity contribution in [3.05, 3.63) is 35.4 Å². The number of rotatable bonds is 1. The summed E-state index contributed by atoms with van der Waals surface area (Å²) in [6.07, 6.45) is 9.95. The van der Waals surface area contributed by atoms with E-state index in [0.29, 0.717) is 5.92 Å². The summed E-state index contributed by atoms with van der Waals surface area (Å²) in [4.78, 5) is 11.8. The lowest BCUT2D eigenvalue weighted by Gasteiger charge is -2.15. The lowest BCUT2D eigenvalue weighted by atomic mass is 9.89. The molecule has 1 aliphatic heterocycles. The van der Waals surface area contributed by atoms with E-state index in [1.807, 2.05) is 13.0 Å². The molecule has 2 heteroatoms. The molecule has 2 aliphatic rings. The molecule has 19 heavy (non-hydrogen) atoms. The van der Waals surface area contributed by atoms with Gasteiger partial charge in [0, 0.05) is 16.8 Å². The van der Waals surface area contributed by atoms with Gasteiger partial charge in [0.25, 0.3) is 5.91 Å². The predicted octanol–water partition coefficient (Wildman–Crippen LogP) is 4.48. The highest BCUT2D eigenvalue weighted by Crippen LogP contribution is 2.37. The molecule has 3 rings (SSSR count). The van der Waals surface area contributed by atoms with Crippen molar-refractivity contribution in [2.45, 2.75) is 51.4 Å². The molecule has 1 N–H and O–H groups in total. The van der Waals surface area contributed by atoms with Crippen molar-refractivity contribution in [2.24, 2.45) is 0 Å². The monoisotopic (exact) mass is 255 g/mol. The maximum absolute atomic E-state index is 11.8. The van der Waals surface area contributed by atoms with Gasteiger partial charge in [0.05, 0.1) is 0 Å². The Morgan fingerprint density at radius 1 is 1.16 bits per heavy atom. The molecule has 1 saturated carbocycles. The second kappa shape index (κ2) is 5.20. The summed E-state index contributed by atoms with van der Waals surface area (Å²) in [7, 11) is 0. The Morgan fingerprint density at radius 2 is 1.89 bits per heavy atom. The van der Waals surface area contributed by atoms with E-state index in [4.69, 9.17) is 0 Å². The van der Waals surface area contributed by atoms with Crippen LogP contribution in [0.4, 0.5) is 5.69 Å². The summed E-state index contributed by atoms with van der Waals surface area (Å²) in [6, 6.07) is 6.51. The third-order valence-corrected chi connectivity index (χ3v) is 4.44. The Hall–Kier alpha value is -1.57. The standard InChI is InChI=1S/C17H21NO/c1-2-14-15-11-13(9-10-16(15)18-17(14)19)12-7-5-3-4-6-8-12/h2,9-12H,3-8H2,1H3,(H,18,19)/b14-2-. The molecule has 2 nitrogen and oxygen atoms in total. The molecule has 1 amide bonds. The fraction of sp³-hybridized carbons (Fsp3) is 0.471. The number of anilines is 1. The van der Waals surface area contributed by atoms with Crippen LogP contribution in [0.1, 0.15) is 62.5 Å². The first-order valence-corrected chi connectivity index (χ1v) is 7.41. The van der Waals surface area contributed by atoms with Crippen LogP contribution in [0, 0.1) is 0 Å². The van der Waals surface area contributed by atoms with Gasteiger partial charge in [-0.2, -0.15) is 0 Å². The quantitative estimate of drug-likeness (QED) is 0.582. The number of hydrogen-bond donors (Lipinski definition) is 1. The van der Waals surface area contributed by atoms with Crippen LogP contribution in [0.25, 0.3) is 5.57 Å². The van der Waals surface area contributed by atoms with Crippen molar-refractivity contribution in [1.82, 2.24) is 0 Å². The van der Waals surface area contributed by atoms with Crippen LogP contribution in [0.5, 0.6) is 0 Å². The largest absolute Gasteiger partial charge is 0.321 e. The second-order valence-corrected chi connectivity index (χ2v) is 5.65. The van der Waals surface area contributed by atoms with Crippen molar-refractivity contribution in [1.29, 1.82) is 0 Å². The Kier molecular flexibility index (Phi) is 3.41. The van der Waals surface area contributed by atoms with Crippen LogP contribution in [0.3, 0.4) is 0 Å². The number of carbonyl (C=O) groups is 1. The average molecular weight is 255 g/mol. The van der Waals surface area contributed by atoms with Crippen LogP contribution >= 0.6 is 0 Å². The molecular weight excluding hydrogens is 234 g/mol. The van der Waals surface area contributed by atoms with Crippen molar-refractivity contribution in [3.8, 4) is 0 Å². The van der Waals surface area contributed by atoms with Gasteiger partial charge in [0.1, 0.15) is 0 Å². The summed E-state index contributed by atoms with van der Waals surface area (Å²) in [5.41, 5.74) is 4.30. The highest BCUT2D eigenvalue weighted by molar-refractivity contribution is 6.31. The third kappa shape index (κ3) is 2.32. The highest BCUT2D eigenvalue weighted by Gasteiger charge is 2.24. The lowest BCUT2D eigenvalue weighted by molar-refractivity contribution is -0.110. The van der Waals surface area contributed by atoms with Crippen LogP contribution < -0.4 is 5.32 Å². The summed E-state index contributed by atoms with van der Waals surface area (Å²) in [5, 5.41) is 2.93. The Balaban J connectivity index is 1.93. The first kappa shape index (κ1) is 12.5. The molecule has 1 aromatic rings. The smallest absolute Gasteiger partial charge is 0.256 e. The van der Waals surface area contributed by atoms with E-state index < -0.39 is 0 Å². The molecule has 100 valence electrons. The van der Waals surface area contributed by atoms with Crippen molar-refractivity contribution in [2.75, 3.05) is 5.32 Å². The van der Waals surface area contributed by atoms with Crippen LogP contribution in [0.2, 0.25) is 0 Å². The maximum Gasteiger partial charge on any atom is 0.256 e. The van der Waals surface area contributed by atoms with Gasteiger partial charge in [-0.15, -0.1) is 0 Å². The van der Waals surface area contributed by atoms with Gasteiger partial charge in [0.2, 0.25) is 0 Å². The van der Waals surface area contributed by atoms with Crippen LogP contribution in [-0.2, 0) is 4.79 Å². The molecule has 1 aliphatic carbocycles. The van der Waals surface area contributed by atoms with Gasteiger partial charge >= 0.3 is 0 Å². The van der Waals surface area contributed by atoms with Crippen molar-refractivity contribution >= 4 is 17.2 Å². The van der Waals surface area contributed by atoms with Crippen LogP contribution in [-0.4, -0.2) is 5.91 Å². The van der Waals surface area contributed by atoms with Gasteiger partial charge in [-0.25, -0.2) is 0 Å². The Labute approximate surface area is 114 Å². The molecule has 0 unspecified atom stereocenters. The number of nitrogens with one attached hydrogen (secondary N) is 1. The fourth-order valence-corrected chi connectivity index (χ4v) is 3.36. The summed E-state index contributed by atoms with van der Waals surface area (Å²) < 4.78 is 0. The maximum atomic E-state index is 11.8. The zero-order valence-electron chi connectivity index (χ0n) is 11.5. The molecule has 1 aromatic carbocycles. The summed E-state index contributed by atoms with van der Waals surface area (Å²) in [5.74, 6) is 0.720. The Bertz CT molecular complexity index is 522. The summed E-state index contributed by atoms with van der Waals surface area (Å²) in [6.45, 7) is 1.93. The average Bonchev–Trinajstić information content (AvgIpc) is 2.60. The number of allylic oxidation sites excluding steroid dienone is 1. The normalized spacial score (nSPS) is 22.2. The van der Waals surface area contributed by atoms with Gasteiger partial charge in [-0.3, -0.25) is 4.79 Å². The number of fused-ring (bicyclic) bond motifs is 1. The van der Waals surface area contributed by atoms with E-state index in [1.165, 1.54) is 44.1 Å². The number of amides is 1. The van der Waals surface area contributed by atoms with E-state index in [2.05, 4.69) is 23.5 Å². The van der Waals surface area contributed by atoms with E-state index in [1.54, 1.807) is 0 Å². The summed E-state index contributed by atoms with van der Waals surface area (Å²) >= 11 is 0. The highest BCUT2D eigenvalue weighted by atomic mass is 16.1. The van der Waals surface area contributed by atoms with Gasteiger partial charge in [-0.05, 0) is 43.4 Å². The number of benzene rings is 1. The van der Waals surface area contributed by atoms with Gasteiger partial charge in [0.15, 0.2) is 0 Å². The number of carbonyl (C=O) groups excluding carboxylic acids is 1. The zero-order chi connectivity index (χ0) is 13.2. The minimum absolute atomic E-state index is 0.0375. The van der Waals surface area contributed by atoms with E-state index >= 15 is 0 Å². The van der Waals surface area contributed by atoms with Gasteiger partial charge in [-0.1, -0.05) is 37.8 Å². The molecule has 0 saturated heterocycles. The SMILES string of the molecule is C/C=C1\C(=O)Nc2ccc(C3CCCCCC3)cc21. The van der Waals surface area contributed by atoms with Crippen molar-refractivity contribution in [3.63, 3.8) is 0 Å². The predicted molar refractivity (Wildman–Crippen MR) is 79.2 cm³/mol. The second-order valence-electron chi connectivity index (χ2n) is 5.65. The first-order valence-electron chi connectivity index (χ1n) is 7.41. The van der Waals surface area contributed by atoms with Crippen molar-refractivity contribution < 1.29 is 4.79 Å². The molecule has 1 heterocycles. The fourth-order valence-electron chi connectivity index (χ4n) is 3.36. The van der Waals surface area contributed by atoms with E-state index in [-0.39, 0.29) is 5.91 Å². The first-order chi connectivity index (χ1) is 9.29. The lowest BCUT2D eigenvalue weighted by Crippen LogP contribution is -2.03. The molecule has 0 radical (unpaired) electrons. The molecule has 0 aromatic heterocycles. The topological polar surface area (TPSA) is 29.1 Å². The Morgan fingerprint density at radius 3 is 2.58 bits per heavy atom. The molecule has 1 fully saturated rings. The molecule has 0 spiro atoms. The van der Waals surface area contributed by atoms with E-state index in [0.717, 1.165) is 16.8 Å². The molecule has 0 atom stereocenters. The molecule has 0 bridgehead atoms. The van der Waals surface area contributed by atoms with E-state index in [9.17, 15) is 4.79 Å². The minimum atomic E-state index is 0.0375. The third-order valence-electron chi connectivity index (χ3n) is 4.44. The minimum Gasteiger partial charge on any atom is -0.321 e. The number of hydrogen-bond acceptors (Lipinski definition) is 1. The zero-order valence-corrected chi connectivity index (χ0v) is 11.5. The molecular formula is C17H21NO.